The van der Waals surface area contributed by atoms with Gasteiger partial charge in [-0.3, -0.25) is 9.59 Å². The topological polar surface area (TPSA) is 70.2 Å². The number of nitrogens with one attached hydrogen (secondary N) is 3. The Kier molecular flexibility index (Phi) is 6.95. The highest BCUT2D eigenvalue weighted by Crippen LogP contribution is 2.33. The van der Waals surface area contributed by atoms with Crippen molar-refractivity contribution in [2.24, 2.45) is 11.8 Å². The lowest BCUT2D eigenvalue weighted by Gasteiger charge is -2.28. The smallest absolute Gasteiger partial charge is 0.234 e. The van der Waals surface area contributed by atoms with E-state index in [1.807, 2.05) is 18.2 Å². The highest BCUT2D eigenvalue weighted by Gasteiger charge is 2.22. The van der Waals surface area contributed by atoms with E-state index in [0.717, 1.165) is 29.4 Å². The number of hydrogen-bond acceptors (Lipinski definition) is 4. The standard InChI is InChI=1S/C17H23N3O2S.ClH/c1-11(12-3-2-6-18-9-12)7-16(21)19-13-4-5-15-14(8-13)20-17(22)10-23-15;/h4-5,8,11-12,18H,2-3,6-7,9-10H2,1H3,(H,19,21)(H,20,22);1H. The molecule has 2 aliphatic heterocycles. The first-order valence-electron chi connectivity index (χ1n) is 8.19. The normalized spacial score (nSPS) is 21.0. The number of piperidine rings is 1. The fourth-order valence-electron chi connectivity index (χ4n) is 3.20. The molecule has 1 aromatic rings. The van der Waals surface area contributed by atoms with Gasteiger partial charge in [0.1, 0.15) is 0 Å². The van der Waals surface area contributed by atoms with Crippen LogP contribution in [0.15, 0.2) is 23.1 Å². The third kappa shape index (κ3) is 4.88. The number of fused-ring (bicyclic) bond motifs is 1. The van der Waals surface area contributed by atoms with Gasteiger partial charge in [-0.05, 0) is 56.0 Å². The van der Waals surface area contributed by atoms with Crippen LogP contribution in [0.5, 0.6) is 0 Å². The first-order chi connectivity index (χ1) is 11.1. The first kappa shape index (κ1) is 19.1. The van der Waals surface area contributed by atoms with Crippen molar-refractivity contribution in [2.75, 3.05) is 29.5 Å². The van der Waals surface area contributed by atoms with Gasteiger partial charge in [-0.15, -0.1) is 24.2 Å². The molecule has 3 rings (SSSR count). The molecule has 1 aromatic carbocycles. The van der Waals surface area contributed by atoms with E-state index in [4.69, 9.17) is 0 Å². The van der Waals surface area contributed by atoms with Crippen LogP contribution in [0.25, 0.3) is 0 Å². The van der Waals surface area contributed by atoms with Crippen LogP contribution < -0.4 is 16.0 Å². The predicted octanol–water partition coefficient (Wildman–Crippen LogP) is 3.12. The predicted molar refractivity (Wildman–Crippen MR) is 101 cm³/mol. The maximum atomic E-state index is 12.3. The molecule has 3 N–H and O–H groups in total. The second-order valence-corrected chi connectivity index (χ2v) is 7.40. The second-order valence-electron chi connectivity index (χ2n) is 6.38. The van der Waals surface area contributed by atoms with Gasteiger partial charge in [0, 0.05) is 17.0 Å². The number of thioether (sulfide) groups is 1. The number of anilines is 2. The van der Waals surface area contributed by atoms with Gasteiger partial charge in [0.2, 0.25) is 11.8 Å². The van der Waals surface area contributed by atoms with Crippen LogP contribution in [0, 0.1) is 11.8 Å². The lowest BCUT2D eigenvalue weighted by molar-refractivity contribution is -0.117. The van der Waals surface area contributed by atoms with E-state index in [1.54, 1.807) is 0 Å². The molecule has 1 fully saturated rings. The van der Waals surface area contributed by atoms with Crippen molar-refractivity contribution >= 4 is 47.4 Å². The molecule has 1 saturated heterocycles. The van der Waals surface area contributed by atoms with Gasteiger partial charge in [0.15, 0.2) is 0 Å². The Morgan fingerprint density at radius 3 is 3.04 bits per heavy atom. The Morgan fingerprint density at radius 2 is 2.29 bits per heavy atom. The summed E-state index contributed by atoms with van der Waals surface area (Å²) in [4.78, 5) is 24.8. The quantitative estimate of drug-likeness (QED) is 0.762. The van der Waals surface area contributed by atoms with E-state index in [0.29, 0.717) is 24.0 Å². The Bertz CT molecular complexity index is 605. The number of hydrogen-bond donors (Lipinski definition) is 3. The van der Waals surface area contributed by atoms with Crippen molar-refractivity contribution in [3.05, 3.63) is 18.2 Å². The maximum absolute atomic E-state index is 12.3. The molecule has 132 valence electrons. The zero-order chi connectivity index (χ0) is 16.2. The van der Waals surface area contributed by atoms with Crippen molar-refractivity contribution < 1.29 is 9.59 Å². The zero-order valence-corrected chi connectivity index (χ0v) is 15.4. The summed E-state index contributed by atoms with van der Waals surface area (Å²) in [6, 6.07) is 5.68. The van der Waals surface area contributed by atoms with Gasteiger partial charge in [0.25, 0.3) is 0 Å². The Labute approximate surface area is 153 Å². The molecular formula is C17H24ClN3O2S. The number of carbonyl (C=O) groups excluding carboxylic acids is 2. The molecular weight excluding hydrogens is 346 g/mol. The van der Waals surface area contributed by atoms with Gasteiger partial charge in [0.05, 0.1) is 11.4 Å². The van der Waals surface area contributed by atoms with E-state index >= 15 is 0 Å². The summed E-state index contributed by atoms with van der Waals surface area (Å²) in [5.41, 5.74) is 1.53. The summed E-state index contributed by atoms with van der Waals surface area (Å²) in [7, 11) is 0. The molecule has 0 bridgehead atoms. The van der Waals surface area contributed by atoms with Gasteiger partial charge < -0.3 is 16.0 Å². The third-order valence-corrected chi connectivity index (χ3v) is 5.62. The van der Waals surface area contributed by atoms with E-state index in [2.05, 4.69) is 22.9 Å². The number of rotatable bonds is 4. The van der Waals surface area contributed by atoms with Gasteiger partial charge in [-0.25, -0.2) is 0 Å². The van der Waals surface area contributed by atoms with Crippen LogP contribution in [-0.2, 0) is 9.59 Å². The molecule has 24 heavy (non-hydrogen) atoms. The lowest BCUT2D eigenvalue weighted by Crippen LogP contribution is -2.34. The first-order valence-corrected chi connectivity index (χ1v) is 9.17. The minimum Gasteiger partial charge on any atom is -0.326 e. The van der Waals surface area contributed by atoms with Crippen LogP contribution in [0.3, 0.4) is 0 Å². The Balaban J connectivity index is 0.00000208. The number of halogens is 1. The summed E-state index contributed by atoms with van der Waals surface area (Å²) >= 11 is 1.52. The highest BCUT2D eigenvalue weighted by atomic mass is 35.5. The van der Waals surface area contributed by atoms with Crippen molar-refractivity contribution in [2.45, 2.75) is 31.1 Å². The SMILES string of the molecule is CC(CC(=O)Nc1ccc2c(c1)NC(=O)CS2)C1CCCNC1.Cl. The molecule has 0 aliphatic carbocycles. The Morgan fingerprint density at radius 1 is 1.46 bits per heavy atom. The van der Waals surface area contributed by atoms with Crippen molar-refractivity contribution in [3.63, 3.8) is 0 Å². The molecule has 0 spiro atoms. The van der Waals surface area contributed by atoms with Crippen LogP contribution in [-0.4, -0.2) is 30.7 Å². The number of amides is 2. The molecule has 2 unspecified atom stereocenters. The average molecular weight is 370 g/mol. The number of benzene rings is 1. The van der Waals surface area contributed by atoms with Gasteiger partial charge in [-0.2, -0.15) is 0 Å². The van der Waals surface area contributed by atoms with Crippen molar-refractivity contribution in [3.8, 4) is 0 Å². The minimum absolute atomic E-state index is 0. The minimum atomic E-state index is 0. The summed E-state index contributed by atoms with van der Waals surface area (Å²) in [6.07, 6.45) is 2.92. The molecule has 0 aromatic heterocycles. The molecule has 2 aliphatic rings. The monoisotopic (exact) mass is 369 g/mol. The number of carbonyl (C=O) groups is 2. The van der Waals surface area contributed by atoms with Crippen LogP contribution >= 0.6 is 24.2 Å². The van der Waals surface area contributed by atoms with Gasteiger partial charge >= 0.3 is 0 Å². The van der Waals surface area contributed by atoms with Crippen LogP contribution in [0.4, 0.5) is 11.4 Å². The largest absolute Gasteiger partial charge is 0.326 e. The summed E-state index contributed by atoms with van der Waals surface area (Å²) in [6.45, 7) is 4.26. The van der Waals surface area contributed by atoms with E-state index in [9.17, 15) is 9.59 Å². The summed E-state index contributed by atoms with van der Waals surface area (Å²) in [5, 5.41) is 9.21. The van der Waals surface area contributed by atoms with Crippen LogP contribution in [0.1, 0.15) is 26.2 Å². The van der Waals surface area contributed by atoms with E-state index < -0.39 is 0 Å². The van der Waals surface area contributed by atoms with Gasteiger partial charge in [-0.1, -0.05) is 6.92 Å². The maximum Gasteiger partial charge on any atom is 0.234 e. The third-order valence-electron chi connectivity index (χ3n) is 4.54. The summed E-state index contributed by atoms with van der Waals surface area (Å²) < 4.78 is 0. The summed E-state index contributed by atoms with van der Waals surface area (Å²) in [5.74, 6) is 1.44. The zero-order valence-electron chi connectivity index (χ0n) is 13.8. The molecule has 0 saturated carbocycles. The fourth-order valence-corrected chi connectivity index (χ4v) is 3.98. The van der Waals surface area contributed by atoms with Crippen molar-refractivity contribution in [1.82, 2.24) is 5.32 Å². The fraction of sp³-hybridized carbons (Fsp3) is 0.529. The molecule has 2 atom stereocenters. The average Bonchev–Trinajstić information content (AvgIpc) is 2.55. The van der Waals surface area contributed by atoms with E-state index in [1.165, 1.54) is 24.6 Å². The molecule has 7 heteroatoms. The van der Waals surface area contributed by atoms with E-state index in [-0.39, 0.29) is 24.2 Å². The molecule has 0 radical (unpaired) electrons. The molecule has 2 amide bonds. The highest BCUT2D eigenvalue weighted by molar-refractivity contribution is 8.00. The second kappa shape index (κ2) is 8.74. The Hall–Kier alpha value is -1.24. The molecule has 5 nitrogen and oxygen atoms in total. The lowest BCUT2D eigenvalue weighted by atomic mass is 9.85. The van der Waals surface area contributed by atoms with Crippen LogP contribution in [0.2, 0.25) is 0 Å². The van der Waals surface area contributed by atoms with Crippen molar-refractivity contribution in [1.29, 1.82) is 0 Å². The molecule has 2 heterocycles.